The topological polar surface area (TPSA) is 119 Å². The van der Waals surface area contributed by atoms with Crippen molar-refractivity contribution in [2.24, 2.45) is 0 Å². The van der Waals surface area contributed by atoms with Gasteiger partial charge in [0.1, 0.15) is 0 Å². The molecule has 10 nitrogen and oxygen atoms in total. The minimum Gasteiger partial charge on any atom is -0.467 e. The molecule has 0 spiro atoms. The molecule has 0 aromatic carbocycles. The number of ether oxygens (including phenoxy) is 1. The van der Waals surface area contributed by atoms with Gasteiger partial charge >= 0.3 is 6.01 Å². The molecule has 0 aliphatic carbocycles. The molecule has 3 aromatic heterocycles. The van der Waals surface area contributed by atoms with Crippen LogP contribution in [0.25, 0.3) is 11.5 Å². The number of methoxy groups -OCH3 is 1. The summed E-state index contributed by atoms with van der Waals surface area (Å²) in [7, 11) is 5.05. The summed E-state index contributed by atoms with van der Waals surface area (Å²) < 4.78 is 15.3. The Balaban J connectivity index is 1.69. The SMILES string of the molecule is COc1nc(CNC(=O)c2cc(-c3ccco3)on2)nc(N(C)C)n1. The van der Waals surface area contributed by atoms with Gasteiger partial charge in [0.2, 0.25) is 11.7 Å². The minimum atomic E-state index is -0.424. The molecule has 130 valence electrons. The second-order valence-electron chi connectivity index (χ2n) is 5.17. The maximum atomic E-state index is 12.2. The molecule has 1 amide bonds. The highest BCUT2D eigenvalue weighted by atomic mass is 16.5. The third-order valence-electron chi connectivity index (χ3n) is 3.15. The quantitative estimate of drug-likeness (QED) is 0.701. The van der Waals surface area contributed by atoms with Gasteiger partial charge in [0.05, 0.1) is 19.9 Å². The molecule has 0 bridgehead atoms. The maximum absolute atomic E-state index is 12.2. The molecule has 1 N–H and O–H groups in total. The third kappa shape index (κ3) is 3.74. The Bertz CT molecular complexity index is 859. The van der Waals surface area contributed by atoms with Crippen LogP contribution < -0.4 is 15.0 Å². The first kappa shape index (κ1) is 16.4. The zero-order valence-electron chi connectivity index (χ0n) is 13.9. The zero-order chi connectivity index (χ0) is 17.8. The second kappa shape index (κ2) is 6.99. The molecule has 0 saturated carbocycles. The average Bonchev–Trinajstić information content (AvgIpc) is 3.30. The number of carbonyl (C=O) groups is 1. The van der Waals surface area contributed by atoms with Crippen molar-refractivity contribution in [1.82, 2.24) is 25.4 Å². The Hall–Kier alpha value is -3.43. The zero-order valence-corrected chi connectivity index (χ0v) is 13.9. The van der Waals surface area contributed by atoms with E-state index in [9.17, 15) is 4.79 Å². The molecule has 0 saturated heterocycles. The Morgan fingerprint density at radius 2 is 2.12 bits per heavy atom. The van der Waals surface area contributed by atoms with Crippen LogP contribution in [0.3, 0.4) is 0 Å². The fraction of sp³-hybridized carbons (Fsp3) is 0.267. The summed E-state index contributed by atoms with van der Waals surface area (Å²) in [5.74, 6) is 1.22. The summed E-state index contributed by atoms with van der Waals surface area (Å²) in [6.07, 6.45) is 1.51. The van der Waals surface area contributed by atoms with Crippen molar-refractivity contribution in [1.29, 1.82) is 0 Å². The van der Waals surface area contributed by atoms with Crippen LogP contribution in [0.2, 0.25) is 0 Å². The number of furan rings is 1. The first-order chi connectivity index (χ1) is 12.1. The van der Waals surface area contributed by atoms with Gasteiger partial charge in [-0.05, 0) is 12.1 Å². The molecule has 0 unspecified atom stereocenters. The lowest BCUT2D eigenvalue weighted by Gasteiger charge is -2.12. The fourth-order valence-electron chi connectivity index (χ4n) is 1.92. The number of nitrogens with one attached hydrogen (secondary N) is 1. The van der Waals surface area contributed by atoms with Crippen molar-refractivity contribution in [3.05, 3.63) is 36.0 Å². The summed E-state index contributed by atoms with van der Waals surface area (Å²) in [5, 5.41) is 6.40. The van der Waals surface area contributed by atoms with Crippen molar-refractivity contribution in [2.75, 3.05) is 26.1 Å². The standard InChI is InChI=1S/C15H16N6O4/c1-21(2)14-17-12(18-15(19-14)23-3)8-16-13(22)9-7-11(25-20-9)10-5-4-6-24-10/h4-7H,8H2,1-3H3,(H,16,22). The van der Waals surface area contributed by atoms with Crippen molar-refractivity contribution in [2.45, 2.75) is 6.54 Å². The molecule has 10 heteroatoms. The smallest absolute Gasteiger partial charge is 0.321 e. The summed E-state index contributed by atoms with van der Waals surface area (Å²) in [6.45, 7) is 0.0848. The molecule has 25 heavy (non-hydrogen) atoms. The van der Waals surface area contributed by atoms with Gasteiger partial charge in [0, 0.05) is 20.2 Å². The van der Waals surface area contributed by atoms with Crippen LogP contribution >= 0.6 is 0 Å². The van der Waals surface area contributed by atoms with Crippen LogP contribution in [0.15, 0.2) is 33.4 Å². The number of nitrogens with zero attached hydrogens (tertiary/aromatic N) is 5. The van der Waals surface area contributed by atoms with Gasteiger partial charge < -0.3 is 23.9 Å². The van der Waals surface area contributed by atoms with Gasteiger partial charge in [-0.3, -0.25) is 4.79 Å². The number of rotatable bonds is 6. The van der Waals surface area contributed by atoms with Gasteiger partial charge in [-0.25, -0.2) is 0 Å². The maximum Gasteiger partial charge on any atom is 0.321 e. The lowest BCUT2D eigenvalue weighted by Crippen LogP contribution is -2.25. The van der Waals surface area contributed by atoms with E-state index in [4.69, 9.17) is 13.7 Å². The van der Waals surface area contributed by atoms with Crippen molar-refractivity contribution in [3.63, 3.8) is 0 Å². The molecular formula is C15H16N6O4. The third-order valence-corrected chi connectivity index (χ3v) is 3.15. The van der Waals surface area contributed by atoms with E-state index >= 15 is 0 Å². The summed E-state index contributed by atoms with van der Waals surface area (Å²) in [6, 6.07) is 5.09. The molecule has 0 radical (unpaired) electrons. The summed E-state index contributed by atoms with van der Waals surface area (Å²) in [5.41, 5.74) is 0.125. The van der Waals surface area contributed by atoms with Crippen LogP contribution in [0.5, 0.6) is 6.01 Å². The molecule has 0 fully saturated rings. The van der Waals surface area contributed by atoms with Crippen LogP contribution in [-0.4, -0.2) is 47.2 Å². The van der Waals surface area contributed by atoms with Crippen molar-refractivity contribution >= 4 is 11.9 Å². The molecule has 3 rings (SSSR count). The van der Waals surface area contributed by atoms with Gasteiger partial charge in [0.15, 0.2) is 17.3 Å². The molecule has 0 aliphatic heterocycles. The van der Waals surface area contributed by atoms with E-state index in [1.165, 1.54) is 19.4 Å². The van der Waals surface area contributed by atoms with Gasteiger partial charge in [-0.2, -0.15) is 15.0 Å². The van der Waals surface area contributed by atoms with E-state index in [0.717, 1.165) is 0 Å². The van der Waals surface area contributed by atoms with E-state index in [0.29, 0.717) is 23.3 Å². The summed E-state index contributed by atoms with van der Waals surface area (Å²) in [4.78, 5) is 26.4. The Kier molecular flexibility index (Phi) is 4.59. The van der Waals surface area contributed by atoms with Crippen LogP contribution in [0.4, 0.5) is 5.95 Å². The van der Waals surface area contributed by atoms with Gasteiger partial charge in [-0.1, -0.05) is 5.16 Å². The minimum absolute atomic E-state index is 0.0848. The lowest BCUT2D eigenvalue weighted by molar-refractivity contribution is 0.0940. The van der Waals surface area contributed by atoms with Crippen molar-refractivity contribution < 1.29 is 18.5 Å². The molecule has 3 heterocycles. The monoisotopic (exact) mass is 344 g/mol. The number of anilines is 1. The Labute approximate surface area is 142 Å². The highest BCUT2D eigenvalue weighted by Crippen LogP contribution is 2.20. The second-order valence-corrected chi connectivity index (χ2v) is 5.17. The van der Waals surface area contributed by atoms with Crippen LogP contribution in [0, 0.1) is 0 Å². The van der Waals surface area contributed by atoms with E-state index < -0.39 is 5.91 Å². The normalized spacial score (nSPS) is 10.5. The van der Waals surface area contributed by atoms with E-state index in [-0.39, 0.29) is 18.2 Å². The predicted octanol–water partition coefficient (Wildman–Crippen LogP) is 1.12. The average molecular weight is 344 g/mol. The first-order valence-corrected chi connectivity index (χ1v) is 7.32. The van der Waals surface area contributed by atoms with E-state index in [2.05, 4.69) is 25.4 Å². The van der Waals surface area contributed by atoms with E-state index in [1.807, 2.05) is 0 Å². The predicted molar refractivity (Wildman–Crippen MR) is 86.1 cm³/mol. The molecule has 3 aromatic rings. The molecule has 0 atom stereocenters. The molecular weight excluding hydrogens is 328 g/mol. The number of amides is 1. The van der Waals surface area contributed by atoms with Crippen molar-refractivity contribution in [3.8, 4) is 17.5 Å². The highest BCUT2D eigenvalue weighted by molar-refractivity contribution is 5.92. The summed E-state index contributed by atoms with van der Waals surface area (Å²) >= 11 is 0. The lowest BCUT2D eigenvalue weighted by atomic mass is 10.3. The number of hydrogen-bond acceptors (Lipinski definition) is 9. The fourth-order valence-corrected chi connectivity index (χ4v) is 1.92. The Morgan fingerprint density at radius 1 is 1.28 bits per heavy atom. The van der Waals surface area contributed by atoms with Gasteiger partial charge in [-0.15, -0.1) is 0 Å². The van der Waals surface area contributed by atoms with Gasteiger partial charge in [0.25, 0.3) is 5.91 Å². The number of aromatic nitrogens is 4. The Morgan fingerprint density at radius 3 is 2.80 bits per heavy atom. The number of carbonyl (C=O) groups excluding carboxylic acids is 1. The largest absolute Gasteiger partial charge is 0.467 e. The highest BCUT2D eigenvalue weighted by Gasteiger charge is 2.16. The van der Waals surface area contributed by atoms with Crippen LogP contribution in [0.1, 0.15) is 16.3 Å². The first-order valence-electron chi connectivity index (χ1n) is 7.32. The van der Waals surface area contributed by atoms with Crippen LogP contribution in [-0.2, 0) is 6.54 Å². The van der Waals surface area contributed by atoms with E-state index in [1.54, 1.807) is 31.1 Å². The number of hydrogen-bond donors (Lipinski definition) is 1. The molecule has 0 aliphatic rings.